The fraction of sp³-hybridized carbons (Fsp3) is 0.167. The van der Waals surface area contributed by atoms with Gasteiger partial charge in [0.2, 0.25) is 0 Å². The fourth-order valence-electron chi connectivity index (χ4n) is 1.43. The van der Waals surface area contributed by atoms with Gasteiger partial charge in [-0.1, -0.05) is 15.9 Å². The molecule has 1 aromatic heterocycles. The normalized spacial score (nSPS) is 10.2. The molecule has 1 aromatic carbocycles. The molecule has 0 unspecified atom stereocenters. The molecule has 16 heavy (non-hydrogen) atoms. The van der Waals surface area contributed by atoms with Gasteiger partial charge in [-0.2, -0.15) is 0 Å². The monoisotopic (exact) mass is 278 g/mol. The number of hydrogen-bond donors (Lipinski definition) is 0. The second-order valence-electron chi connectivity index (χ2n) is 3.37. The zero-order chi connectivity index (χ0) is 11.5. The summed E-state index contributed by atoms with van der Waals surface area (Å²) in [6, 6.07) is 7.64. The van der Waals surface area contributed by atoms with Gasteiger partial charge in [0.1, 0.15) is 5.75 Å². The minimum absolute atomic E-state index is 0.679. The van der Waals surface area contributed by atoms with Crippen LogP contribution in [0.25, 0.3) is 11.4 Å². The van der Waals surface area contributed by atoms with Gasteiger partial charge in [0.05, 0.1) is 12.7 Å². The van der Waals surface area contributed by atoms with Crippen molar-refractivity contribution in [2.75, 3.05) is 7.11 Å². The van der Waals surface area contributed by atoms with E-state index >= 15 is 0 Å². The van der Waals surface area contributed by atoms with Gasteiger partial charge in [-0.05, 0) is 31.2 Å². The van der Waals surface area contributed by atoms with Crippen molar-refractivity contribution in [2.45, 2.75) is 6.92 Å². The molecule has 4 heteroatoms. The second kappa shape index (κ2) is 4.61. The molecule has 0 fully saturated rings. The molecule has 0 atom stereocenters. The molecule has 0 N–H and O–H groups in total. The topological polar surface area (TPSA) is 35.0 Å². The number of methoxy groups -OCH3 is 1. The highest BCUT2D eigenvalue weighted by atomic mass is 79.9. The first-order chi connectivity index (χ1) is 7.70. The summed E-state index contributed by atoms with van der Waals surface area (Å²) in [6.07, 6.45) is 1.75. The fourth-order valence-corrected chi connectivity index (χ4v) is 1.79. The van der Waals surface area contributed by atoms with Crippen LogP contribution in [-0.2, 0) is 0 Å². The third kappa shape index (κ3) is 2.22. The molecular weight excluding hydrogens is 268 g/mol. The van der Waals surface area contributed by atoms with Crippen molar-refractivity contribution in [3.05, 3.63) is 40.6 Å². The number of rotatable bonds is 2. The van der Waals surface area contributed by atoms with Crippen LogP contribution in [0, 0.1) is 6.92 Å². The van der Waals surface area contributed by atoms with E-state index in [0.29, 0.717) is 5.82 Å². The largest absolute Gasteiger partial charge is 0.496 e. The van der Waals surface area contributed by atoms with Crippen LogP contribution in [0.3, 0.4) is 0 Å². The molecule has 82 valence electrons. The Labute approximate surface area is 103 Å². The Hall–Kier alpha value is -1.42. The molecule has 1 heterocycles. The molecule has 2 aromatic rings. The lowest BCUT2D eigenvalue weighted by atomic mass is 10.2. The van der Waals surface area contributed by atoms with E-state index in [1.807, 2.05) is 31.2 Å². The van der Waals surface area contributed by atoms with E-state index in [1.165, 1.54) is 0 Å². The highest BCUT2D eigenvalue weighted by Crippen LogP contribution is 2.30. The molecule has 0 saturated carbocycles. The maximum atomic E-state index is 5.29. The quantitative estimate of drug-likeness (QED) is 0.846. The zero-order valence-electron chi connectivity index (χ0n) is 9.07. The van der Waals surface area contributed by atoms with Gasteiger partial charge in [0, 0.05) is 16.4 Å². The summed E-state index contributed by atoms with van der Waals surface area (Å²) < 4.78 is 6.27. The molecule has 0 aliphatic heterocycles. The number of ether oxygens (including phenoxy) is 1. The van der Waals surface area contributed by atoms with Crippen molar-refractivity contribution in [2.24, 2.45) is 0 Å². The minimum Gasteiger partial charge on any atom is -0.496 e. The Morgan fingerprint density at radius 3 is 2.75 bits per heavy atom. The summed E-state index contributed by atoms with van der Waals surface area (Å²) in [4.78, 5) is 8.63. The van der Waals surface area contributed by atoms with Crippen LogP contribution in [0.5, 0.6) is 5.75 Å². The SMILES string of the molecule is COc1ccc(Br)cc1-c1nccc(C)n1. The van der Waals surface area contributed by atoms with Gasteiger partial charge < -0.3 is 4.74 Å². The van der Waals surface area contributed by atoms with E-state index in [0.717, 1.165) is 21.5 Å². The van der Waals surface area contributed by atoms with E-state index in [2.05, 4.69) is 25.9 Å². The highest BCUT2D eigenvalue weighted by molar-refractivity contribution is 9.10. The van der Waals surface area contributed by atoms with Crippen molar-refractivity contribution in [3.63, 3.8) is 0 Å². The number of aryl methyl sites for hydroxylation is 1. The van der Waals surface area contributed by atoms with Crippen molar-refractivity contribution >= 4 is 15.9 Å². The Bertz CT molecular complexity index is 514. The summed E-state index contributed by atoms with van der Waals surface area (Å²) >= 11 is 3.43. The first-order valence-corrected chi connectivity index (χ1v) is 5.63. The second-order valence-corrected chi connectivity index (χ2v) is 4.28. The van der Waals surface area contributed by atoms with Crippen LogP contribution in [0.15, 0.2) is 34.9 Å². The summed E-state index contributed by atoms with van der Waals surface area (Å²) in [5.41, 5.74) is 1.83. The van der Waals surface area contributed by atoms with Crippen molar-refractivity contribution in [3.8, 4) is 17.1 Å². The lowest BCUT2D eigenvalue weighted by molar-refractivity contribution is 0.416. The third-order valence-corrected chi connectivity index (χ3v) is 2.69. The first kappa shape index (κ1) is 11.1. The van der Waals surface area contributed by atoms with Gasteiger partial charge in [0.25, 0.3) is 0 Å². The molecule has 3 nitrogen and oxygen atoms in total. The molecule has 0 radical (unpaired) electrons. The Balaban J connectivity index is 2.58. The van der Waals surface area contributed by atoms with E-state index < -0.39 is 0 Å². The predicted molar refractivity (Wildman–Crippen MR) is 66.5 cm³/mol. The van der Waals surface area contributed by atoms with Crippen LogP contribution < -0.4 is 4.74 Å². The average molecular weight is 279 g/mol. The highest BCUT2D eigenvalue weighted by Gasteiger charge is 2.08. The smallest absolute Gasteiger partial charge is 0.163 e. The molecule has 0 amide bonds. The van der Waals surface area contributed by atoms with Crippen LogP contribution in [0.1, 0.15) is 5.69 Å². The van der Waals surface area contributed by atoms with E-state index in [4.69, 9.17) is 4.74 Å². The number of nitrogens with zero attached hydrogens (tertiary/aromatic N) is 2. The van der Waals surface area contributed by atoms with Crippen molar-refractivity contribution in [1.82, 2.24) is 9.97 Å². The lowest BCUT2D eigenvalue weighted by Crippen LogP contribution is -1.94. The van der Waals surface area contributed by atoms with Crippen LogP contribution in [0.2, 0.25) is 0 Å². The van der Waals surface area contributed by atoms with E-state index in [1.54, 1.807) is 13.3 Å². The van der Waals surface area contributed by atoms with Crippen LogP contribution in [-0.4, -0.2) is 17.1 Å². The Kier molecular flexibility index (Phi) is 3.19. The number of halogens is 1. The number of hydrogen-bond acceptors (Lipinski definition) is 3. The summed E-state index contributed by atoms with van der Waals surface area (Å²) in [7, 11) is 1.64. The van der Waals surface area contributed by atoms with Gasteiger partial charge in [-0.3, -0.25) is 0 Å². The molecule has 0 aliphatic carbocycles. The zero-order valence-corrected chi connectivity index (χ0v) is 10.7. The molecule has 0 saturated heterocycles. The van der Waals surface area contributed by atoms with Crippen molar-refractivity contribution < 1.29 is 4.74 Å². The van der Waals surface area contributed by atoms with Gasteiger partial charge >= 0.3 is 0 Å². The van der Waals surface area contributed by atoms with Gasteiger partial charge in [-0.15, -0.1) is 0 Å². The van der Waals surface area contributed by atoms with E-state index in [9.17, 15) is 0 Å². The summed E-state index contributed by atoms with van der Waals surface area (Å²) in [5, 5.41) is 0. The lowest BCUT2D eigenvalue weighted by Gasteiger charge is -2.07. The molecule has 0 spiro atoms. The Morgan fingerprint density at radius 2 is 2.06 bits per heavy atom. The number of benzene rings is 1. The molecular formula is C12H11BrN2O. The maximum absolute atomic E-state index is 5.29. The molecule has 2 rings (SSSR count). The summed E-state index contributed by atoms with van der Waals surface area (Å²) in [6.45, 7) is 1.94. The maximum Gasteiger partial charge on any atom is 0.163 e. The summed E-state index contributed by atoms with van der Waals surface area (Å²) in [5.74, 6) is 1.45. The standard InChI is InChI=1S/C12H11BrN2O/c1-8-5-6-14-12(15-8)10-7-9(13)3-4-11(10)16-2/h3-7H,1-2H3. The van der Waals surface area contributed by atoms with Gasteiger partial charge in [0.15, 0.2) is 5.82 Å². The van der Waals surface area contributed by atoms with Gasteiger partial charge in [-0.25, -0.2) is 9.97 Å². The van der Waals surface area contributed by atoms with E-state index in [-0.39, 0.29) is 0 Å². The minimum atomic E-state index is 0.679. The molecule has 0 aliphatic rings. The first-order valence-electron chi connectivity index (χ1n) is 4.84. The van der Waals surface area contributed by atoms with Crippen LogP contribution in [0.4, 0.5) is 0 Å². The number of aromatic nitrogens is 2. The third-order valence-electron chi connectivity index (χ3n) is 2.20. The Morgan fingerprint density at radius 1 is 1.25 bits per heavy atom. The predicted octanol–water partition coefficient (Wildman–Crippen LogP) is 3.22. The average Bonchev–Trinajstić information content (AvgIpc) is 2.29. The van der Waals surface area contributed by atoms with Crippen molar-refractivity contribution in [1.29, 1.82) is 0 Å². The molecule has 0 bridgehead atoms. The van der Waals surface area contributed by atoms with Crippen LogP contribution >= 0.6 is 15.9 Å².